The second kappa shape index (κ2) is 6.56. The Hall–Kier alpha value is -3.37. The second-order valence-corrected chi connectivity index (χ2v) is 8.43. The number of hydrogen-bond donors (Lipinski definition) is 6. The summed E-state index contributed by atoms with van der Waals surface area (Å²) < 4.78 is 0. The van der Waals surface area contributed by atoms with Gasteiger partial charge in [-0.25, -0.2) is 0 Å². The number of amides is 1. The normalized spacial score (nSPS) is 30.0. The van der Waals surface area contributed by atoms with Crippen molar-refractivity contribution in [3.63, 3.8) is 0 Å². The zero-order valence-corrected chi connectivity index (χ0v) is 16.9. The van der Waals surface area contributed by atoms with E-state index in [-0.39, 0.29) is 29.7 Å². The quantitative estimate of drug-likeness (QED) is 0.334. The van der Waals surface area contributed by atoms with Gasteiger partial charge in [0, 0.05) is 31.3 Å². The fraction of sp³-hybridized carbons (Fsp3) is 0.381. The van der Waals surface area contributed by atoms with Gasteiger partial charge in [0.05, 0.1) is 11.6 Å². The number of aromatic hydroxyl groups is 1. The van der Waals surface area contributed by atoms with Gasteiger partial charge >= 0.3 is 0 Å². The van der Waals surface area contributed by atoms with Crippen LogP contribution in [0.15, 0.2) is 29.0 Å². The molecular formula is C21H23N3O7. The minimum absolute atomic E-state index is 0.0212. The van der Waals surface area contributed by atoms with E-state index in [1.54, 1.807) is 25.1 Å². The molecule has 3 aliphatic rings. The number of primary amides is 1. The van der Waals surface area contributed by atoms with Crippen molar-refractivity contribution in [3.8, 4) is 5.75 Å². The summed E-state index contributed by atoms with van der Waals surface area (Å²) in [6.45, 7) is 0. The first-order valence-electron chi connectivity index (χ1n) is 9.69. The third-order valence-corrected chi connectivity index (χ3v) is 6.59. The molecule has 10 nitrogen and oxygen atoms in total. The number of aliphatic hydroxyl groups excluding tert-OH is 2. The molecule has 1 aromatic carbocycles. The number of phenolic OH excluding ortho intramolecular Hbond substituents is 1. The highest BCUT2D eigenvalue weighted by molar-refractivity contribution is 6.24. The molecule has 1 aromatic rings. The Kier molecular flexibility index (Phi) is 4.42. The highest BCUT2D eigenvalue weighted by Crippen LogP contribution is 2.52. The number of ketones is 2. The van der Waals surface area contributed by atoms with Crippen LogP contribution >= 0.6 is 0 Å². The molecule has 0 bridgehead atoms. The average molecular weight is 429 g/mol. The van der Waals surface area contributed by atoms with Crippen LogP contribution in [0.25, 0.3) is 5.76 Å². The maximum Gasteiger partial charge on any atom is 0.255 e. The number of nitrogens with zero attached hydrogens (tertiary/aromatic N) is 1. The van der Waals surface area contributed by atoms with E-state index in [9.17, 15) is 34.8 Å². The highest BCUT2D eigenvalue weighted by Gasteiger charge is 2.63. The Labute approximate surface area is 177 Å². The van der Waals surface area contributed by atoms with Crippen LogP contribution in [0.2, 0.25) is 0 Å². The largest absolute Gasteiger partial charge is 0.508 e. The molecule has 0 radical (unpaired) electrons. The molecular weight excluding hydrogens is 406 g/mol. The molecule has 0 saturated heterocycles. The summed E-state index contributed by atoms with van der Waals surface area (Å²) in [5, 5.41) is 43.2. The molecule has 4 rings (SSSR count). The van der Waals surface area contributed by atoms with Gasteiger partial charge in [0.25, 0.3) is 5.91 Å². The molecule has 3 aliphatic carbocycles. The van der Waals surface area contributed by atoms with Crippen molar-refractivity contribution in [2.75, 3.05) is 19.0 Å². The molecule has 0 aliphatic heterocycles. The van der Waals surface area contributed by atoms with Gasteiger partial charge in [-0.2, -0.15) is 0 Å². The molecule has 1 amide bonds. The number of benzene rings is 1. The van der Waals surface area contributed by atoms with Crippen molar-refractivity contribution in [2.45, 2.75) is 24.5 Å². The Morgan fingerprint density at radius 2 is 1.84 bits per heavy atom. The first-order valence-corrected chi connectivity index (χ1v) is 9.69. The number of Topliss-reactive ketones (excluding diaryl/α,β-unsaturated/α-hetero) is 2. The minimum Gasteiger partial charge on any atom is -0.508 e. The highest BCUT2D eigenvalue weighted by atomic mass is 16.3. The van der Waals surface area contributed by atoms with Crippen LogP contribution in [-0.4, -0.2) is 63.6 Å². The molecule has 31 heavy (non-hydrogen) atoms. The molecule has 0 spiro atoms. The maximum atomic E-state index is 13.4. The van der Waals surface area contributed by atoms with Crippen LogP contribution in [-0.2, 0) is 20.8 Å². The molecule has 1 fully saturated rings. The predicted octanol–water partition coefficient (Wildman–Crippen LogP) is -0.573. The topological polar surface area (TPSA) is 187 Å². The number of carbonyl (C=O) groups is 3. The van der Waals surface area contributed by atoms with Crippen molar-refractivity contribution >= 4 is 28.9 Å². The molecule has 1 saturated carbocycles. The van der Waals surface area contributed by atoms with E-state index in [1.807, 2.05) is 0 Å². The number of hydrogen-bond acceptors (Lipinski definition) is 9. The number of nitrogens with two attached hydrogens (primary N) is 2. The first kappa shape index (κ1) is 20.9. The van der Waals surface area contributed by atoms with E-state index in [4.69, 9.17) is 11.5 Å². The van der Waals surface area contributed by atoms with E-state index in [0.717, 1.165) is 5.69 Å². The monoisotopic (exact) mass is 429 g/mol. The summed E-state index contributed by atoms with van der Waals surface area (Å²) in [5.74, 6) is -7.14. The number of aliphatic hydroxyl groups is 3. The Morgan fingerprint density at radius 3 is 2.42 bits per heavy atom. The maximum absolute atomic E-state index is 13.4. The van der Waals surface area contributed by atoms with Gasteiger partial charge in [0.1, 0.15) is 22.8 Å². The van der Waals surface area contributed by atoms with Crippen LogP contribution in [0.1, 0.15) is 17.5 Å². The Bertz CT molecular complexity index is 1120. The number of anilines is 1. The summed E-state index contributed by atoms with van der Waals surface area (Å²) >= 11 is 0. The lowest BCUT2D eigenvalue weighted by Crippen LogP contribution is -2.65. The van der Waals surface area contributed by atoms with Gasteiger partial charge in [0.15, 0.2) is 11.4 Å². The predicted molar refractivity (Wildman–Crippen MR) is 109 cm³/mol. The van der Waals surface area contributed by atoms with Crippen molar-refractivity contribution in [1.82, 2.24) is 0 Å². The van der Waals surface area contributed by atoms with Crippen LogP contribution in [0, 0.1) is 11.8 Å². The third-order valence-electron chi connectivity index (χ3n) is 6.59. The third kappa shape index (κ3) is 2.55. The van der Waals surface area contributed by atoms with E-state index in [2.05, 4.69) is 0 Å². The number of phenols is 1. The zero-order chi connectivity index (χ0) is 23.0. The van der Waals surface area contributed by atoms with Crippen molar-refractivity contribution in [3.05, 3.63) is 40.2 Å². The van der Waals surface area contributed by atoms with Gasteiger partial charge in [0.2, 0.25) is 5.78 Å². The second-order valence-electron chi connectivity index (χ2n) is 8.43. The van der Waals surface area contributed by atoms with Crippen molar-refractivity contribution in [1.29, 1.82) is 0 Å². The average Bonchev–Trinajstić information content (AvgIpc) is 2.68. The Balaban J connectivity index is 1.97. The van der Waals surface area contributed by atoms with Crippen molar-refractivity contribution in [2.24, 2.45) is 23.3 Å². The summed E-state index contributed by atoms with van der Waals surface area (Å²) in [4.78, 5) is 39.4. The molecule has 0 heterocycles. The summed E-state index contributed by atoms with van der Waals surface area (Å²) in [5.41, 5.74) is 8.71. The van der Waals surface area contributed by atoms with Crippen LogP contribution < -0.4 is 16.4 Å². The standard InChI is InChI=1S/C21H23N3O7/c1-24(2)10-3-4-11(25)13-8(10)5-7-6-9-15(22)17(27)14(20(23)30)19(29)21(9,31)18(28)12(7)16(13)26/h3-4,7,9,15,25-26,29,31H,5-6,22H2,1-2H3,(H2,23,30)/t7?,9?,15?,21-/m0/s1. The SMILES string of the molecule is CN(C)c1ccc(O)c2c1CC1CC3C(N)C(=O)C(C(N)=O)=C(O)[C@@]3(O)C(=O)C1=C2O. The van der Waals surface area contributed by atoms with Gasteiger partial charge in [-0.1, -0.05) is 0 Å². The number of carbonyl (C=O) groups excluding carboxylic acids is 3. The van der Waals surface area contributed by atoms with Gasteiger partial charge in [-0.15, -0.1) is 0 Å². The fourth-order valence-corrected chi connectivity index (χ4v) is 5.12. The van der Waals surface area contributed by atoms with Crippen LogP contribution in [0.3, 0.4) is 0 Å². The number of rotatable bonds is 2. The van der Waals surface area contributed by atoms with Gasteiger partial charge < -0.3 is 36.8 Å². The van der Waals surface area contributed by atoms with Crippen LogP contribution in [0.5, 0.6) is 5.75 Å². The number of fused-ring (bicyclic) bond motifs is 3. The van der Waals surface area contributed by atoms with Gasteiger partial charge in [-0.3, -0.25) is 14.4 Å². The first-order chi connectivity index (χ1) is 14.4. The van der Waals surface area contributed by atoms with E-state index >= 15 is 0 Å². The lowest BCUT2D eigenvalue weighted by molar-refractivity contribution is -0.149. The summed E-state index contributed by atoms with van der Waals surface area (Å²) in [6.07, 6.45) is 0.204. The van der Waals surface area contributed by atoms with Crippen LogP contribution in [0.4, 0.5) is 5.69 Å². The molecule has 8 N–H and O–H groups in total. The molecule has 0 aromatic heterocycles. The molecule has 4 atom stereocenters. The van der Waals surface area contributed by atoms with Gasteiger partial charge in [-0.05, 0) is 36.5 Å². The van der Waals surface area contributed by atoms with E-state index < -0.39 is 58.0 Å². The summed E-state index contributed by atoms with van der Waals surface area (Å²) in [6, 6.07) is 1.61. The van der Waals surface area contributed by atoms with E-state index in [1.165, 1.54) is 6.07 Å². The lowest BCUT2D eigenvalue weighted by atomic mass is 9.58. The molecule has 3 unspecified atom stereocenters. The van der Waals surface area contributed by atoms with Crippen molar-refractivity contribution < 1.29 is 34.8 Å². The summed E-state index contributed by atoms with van der Waals surface area (Å²) in [7, 11) is 3.58. The fourth-order valence-electron chi connectivity index (χ4n) is 5.12. The Morgan fingerprint density at radius 1 is 1.19 bits per heavy atom. The zero-order valence-electron chi connectivity index (χ0n) is 16.9. The smallest absolute Gasteiger partial charge is 0.255 e. The minimum atomic E-state index is -2.69. The molecule has 164 valence electrons. The lowest BCUT2D eigenvalue weighted by Gasteiger charge is -2.48. The van der Waals surface area contributed by atoms with E-state index in [0.29, 0.717) is 5.56 Å². The molecule has 10 heteroatoms.